The molecule has 0 aromatic rings. The van der Waals surface area contributed by atoms with Crippen molar-refractivity contribution in [2.75, 3.05) is 13.2 Å². The minimum Gasteiger partial charge on any atom is -0.450 e. The molecule has 2 fully saturated rings. The Hall–Kier alpha value is -1.14. The first-order valence-electron chi connectivity index (χ1n) is 9.71. The maximum atomic E-state index is 12.5. The van der Waals surface area contributed by atoms with Crippen molar-refractivity contribution in [1.82, 2.24) is 5.32 Å². The zero-order valence-electron chi connectivity index (χ0n) is 15.8. The SMILES string of the molecule is CC(OCC1CCCO1)C(=O)OC(C(=O)NC1CCCCC1)C(C)C. The summed E-state index contributed by atoms with van der Waals surface area (Å²) in [6.45, 7) is 6.57. The number of carbonyl (C=O) groups is 2. The van der Waals surface area contributed by atoms with Crippen molar-refractivity contribution in [1.29, 1.82) is 0 Å². The third-order valence-electron chi connectivity index (χ3n) is 4.95. The Labute approximate surface area is 151 Å². The third kappa shape index (κ3) is 6.59. The Kier molecular flexibility index (Phi) is 8.16. The molecule has 6 heteroatoms. The van der Waals surface area contributed by atoms with Crippen LogP contribution in [0.4, 0.5) is 0 Å². The second kappa shape index (κ2) is 10.1. The molecule has 0 aromatic carbocycles. The number of hydrogen-bond acceptors (Lipinski definition) is 5. The monoisotopic (exact) mass is 355 g/mol. The molecule has 1 amide bonds. The van der Waals surface area contributed by atoms with Crippen LogP contribution in [0.1, 0.15) is 65.7 Å². The summed E-state index contributed by atoms with van der Waals surface area (Å²) in [5, 5.41) is 3.04. The maximum Gasteiger partial charge on any atom is 0.335 e. The minimum atomic E-state index is -0.775. The van der Waals surface area contributed by atoms with Crippen molar-refractivity contribution < 1.29 is 23.8 Å². The quantitative estimate of drug-likeness (QED) is 0.678. The summed E-state index contributed by atoms with van der Waals surface area (Å²) >= 11 is 0. The van der Waals surface area contributed by atoms with Crippen LogP contribution in [-0.2, 0) is 23.8 Å². The zero-order chi connectivity index (χ0) is 18.2. The first kappa shape index (κ1) is 20.2. The van der Waals surface area contributed by atoms with E-state index in [0.29, 0.717) is 6.61 Å². The fourth-order valence-corrected chi connectivity index (χ4v) is 3.34. The molecule has 25 heavy (non-hydrogen) atoms. The summed E-state index contributed by atoms with van der Waals surface area (Å²) in [5.74, 6) is -0.769. The van der Waals surface area contributed by atoms with E-state index in [-0.39, 0.29) is 24.0 Å². The minimum absolute atomic E-state index is 0.0609. The van der Waals surface area contributed by atoms with E-state index in [0.717, 1.165) is 45.1 Å². The van der Waals surface area contributed by atoms with Gasteiger partial charge in [0, 0.05) is 12.6 Å². The van der Waals surface area contributed by atoms with E-state index in [1.165, 1.54) is 6.42 Å². The molecule has 144 valence electrons. The van der Waals surface area contributed by atoms with Crippen LogP contribution in [0.5, 0.6) is 0 Å². The molecular weight excluding hydrogens is 322 g/mol. The lowest BCUT2D eigenvalue weighted by atomic mass is 9.95. The maximum absolute atomic E-state index is 12.5. The Morgan fingerprint density at radius 2 is 1.80 bits per heavy atom. The summed E-state index contributed by atoms with van der Waals surface area (Å²) in [6, 6.07) is 0.203. The van der Waals surface area contributed by atoms with Gasteiger partial charge in [0.25, 0.3) is 5.91 Å². The topological polar surface area (TPSA) is 73.9 Å². The molecule has 1 heterocycles. The van der Waals surface area contributed by atoms with Gasteiger partial charge in [-0.15, -0.1) is 0 Å². The number of hydrogen-bond donors (Lipinski definition) is 1. The standard InChI is InChI=1S/C19H33NO5/c1-13(2)17(18(21)20-15-8-5-4-6-9-15)25-19(22)14(3)24-12-16-10-7-11-23-16/h13-17H,4-12H2,1-3H3,(H,20,21). The first-order chi connectivity index (χ1) is 12.0. The van der Waals surface area contributed by atoms with Gasteiger partial charge in [0.05, 0.1) is 12.7 Å². The number of ether oxygens (including phenoxy) is 3. The molecule has 1 aliphatic heterocycles. The Morgan fingerprint density at radius 3 is 2.40 bits per heavy atom. The van der Waals surface area contributed by atoms with Crippen LogP contribution in [0.15, 0.2) is 0 Å². The average molecular weight is 355 g/mol. The predicted molar refractivity (Wildman–Crippen MR) is 94.1 cm³/mol. The molecule has 2 aliphatic rings. The molecule has 1 saturated heterocycles. The highest BCUT2D eigenvalue weighted by atomic mass is 16.6. The van der Waals surface area contributed by atoms with Crippen LogP contribution >= 0.6 is 0 Å². The fourth-order valence-electron chi connectivity index (χ4n) is 3.34. The molecule has 1 N–H and O–H groups in total. The van der Waals surface area contributed by atoms with Gasteiger partial charge in [-0.1, -0.05) is 33.1 Å². The number of esters is 1. The van der Waals surface area contributed by atoms with Gasteiger partial charge in [0.15, 0.2) is 12.2 Å². The molecule has 3 unspecified atom stereocenters. The predicted octanol–water partition coefficient (Wildman–Crippen LogP) is 2.59. The molecule has 0 aromatic heterocycles. The van der Waals surface area contributed by atoms with Gasteiger partial charge in [-0.2, -0.15) is 0 Å². The summed E-state index contributed by atoms with van der Waals surface area (Å²) in [4.78, 5) is 24.8. The highest BCUT2D eigenvalue weighted by molar-refractivity contribution is 5.85. The fraction of sp³-hybridized carbons (Fsp3) is 0.895. The number of nitrogens with one attached hydrogen (secondary N) is 1. The average Bonchev–Trinajstić information content (AvgIpc) is 3.11. The van der Waals surface area contributed by atoms with Crippen molar-refractivity contribution in [3.05, 3.63) is 0 Å². The molecule has 0 radical (unpaired) electrons. The Bertz CT molecular complexity index is 428. The van der Waals surface area contributed by atoms with Gasteiger partial charge < -0.3 is 19.5 Å². The van der Waals surface area contributed by atoms with Crippen LogP contribution in [0, 0.1) is 5.92 Å². The van der Waals surface area contributed by atoms with E-state index in [4.69, 9.17) is 14.2 Å². The van der Waals surface area contributed by atoms with Gasteiger partial charge >= 0.3 is 5.97 Å². The highest BCUT2D eigenvalue weighted by Crippen LogP contribution is 2.19. The Morgan fingerprint density at radius 1 is 1.08 bits per heavy atom. The van der Waals surface area contributed by atoms with E-state index >= 15 is 0 Å². The lowest BCUT2D eigenvalue weighted by molar-refractivity contribution is -0.170. The van der Waals surface area contributed by atoms with Gasteiger partial charge in [0.1, 0.15) is 0 Å². The van der Waals surface area contributed by atoms with Crippen molar-refractivity contribution in [2.24, 2.45) is 5.92 Å². The second-order valence-electron chi connectivity index (χ2n) is 7.56. The lowest BCUT2D eigenvalue weighted by Gasteiger charge is -2.27. The van der Waals surface area contributed by atoms with Gasteiger partial charge in [-0.25, -0.2) is 4.79 Å². The molecule has 1 saturated carbocycles. The smallest absolute Gasteiger partial charge is 0.335 e. The normalized spacial score (nSPS) is 24.1. The molecule has 3 atom stereocenters. The van der Waals surface area contributed by atoms with Crippen molar-refractivity contribution in [3.8, 4) is 0 Å². The van der Waals surface area contributed by atoms with Crippen LogP contribution in [0.3, 0.4) is 0 Å². The van der Waals surface area contributed by atoms with Crippen molar-refractivity contribution in [2.45, 2.75) is 90.1 Å². The largest absolute Gasteiger partial charge is 0.450 e. The van der Waals surface area contributed by atoms with Crippen LogP contribution in [0.2, 0.25) is 0 Å². The molecular formula is C19H33NO5. The number of rotatable bonds is 8. The van der Waals surface area contributed by atoms with Crippen LogP contribution in [-0.4, -0.2) is 49.4 Å². The second-order valence-corrected chi connectivity index (χ2v) is 7.56. The summed E-state index contributed by atoms with van der Waals surface area (Å²) < 4.78 is 16.5. The van der Waals surface area contributed by atoms with Crippen LogP contribution < -0.4 is 5.32 Å². The van der Waals surface area contributed by atoms with Crippen LogP contribution in [0.25, 0.3) is 0 Å². The third-order valence-corrected chi connectivity index (χ3v) is 4.95. The summed E-state index contributed by atoms with van der Waals surface area (Å²) in [7, 11) is 0. The highest BCUT2D eigenvalue weighted by Gasteiger charge is 2.31. The summed E-state index contributed by atoms with van der Waals surface area (Å²) in [5.41, 5.74) is 0. The van der Waals surface area contributed by atoms with E-state index in [2.05, 4.69) is 5.32 Å². The van der Waals surface area contributed by atoms with Crippen molar-refractivity contribution >= 4 is 11.9 Å². The van der Waals surface area contributed by atoms with Gasteiger partial charge in [-0.3, -0.25) is 4.79 Å². The molecule has 0 spiro atoms. The Balaban J connectivity index is 1.79. The van der Waals surface area contributed by atoms with E-state index in [1.54, 1.807) is 6.92 Å². The molecule has 6 nitrogen and oxygen atoms in total. The molecule has 0 bridgehead atoms. The van der Waals surface area contributed by atoms with E-state index in [9.17, 15) is 9.59 Å². The number of amides is 1. The van der Waals surface area contributed by atoms with Gasteiger partial charge in [0.2, 0.25) is 0 Å². The van der Waals surface area contributed by atoms with Crippen molar-refractivity contribution in [3.63, 3.8) is 0 Å². The molecule has 1 aliphatic carbocycles. The zero-order valence-corrected chi connectivity index (χ0v) is 15.8. The number of carbonyl (C=O) groups excluding carboxylic acids is 2. The first-order valence-corrected chi connectivity index (χ1v) is 9.71. The molecule has 2 rings (SSSR count). The van der Waals surface area contributed by atoms with E-state index in [1.807, 2.05) is 13.8 Å². The lowest BCUT2D eigenvalue weighted by Crippen LogP contribution is -2.47. The van der Waals surface area contributed by atoms with E-state index < -0.39 is 18.2 Å². The summed E-state index contributed by atoms with van der Waals surface area (Å²) in [6.07, 6.45) is 6.10. The van der Waals surface area contributed by atoms with Gasteiger partial charge in [-0.05, 0) is 38.5 Å².